The lowest BCUT2D eigenvalue weighted by Gasteiger charge is -2.16. The molecule has 2 aliphatic rings. The molecule has 86 valence electrons. The standard InChI is InChI=1S/C12H11N3O2/c1-12-9(7-13-14-12)10(16)15(11(12)17)8-5-3-2-4-6-8/h2-6,9H,7H2,1H3/t9-,12-/m0/s1. The summed E-state index contributed by atoms with van der Waals surface area (Å²) in [7, 11) is 0. The van der Waals surface area contributed by atoms with Crippen LogP contribution in [0.3, 0.4) is 0 Å². The molecular weight excluding hydrogens is 218 g/mol. The van der Waals surface area contributed by atoms with E-state index in [-0.39, 0.29) is 11.8 Å². The van der Waals surface area contributed by atoms with Gasteiger partial charge in [-0.2, -0.15) is 10.2 Å². The molecule has 0 spiro atoms. The lowest BCUT2D eigenvalue weighted by Crippen LogP contribution is -2.37. The molecule has 0 unspecified atom stereocenters. The lowest BCUT2D eigenvalue weighted by atomic mass is 9.90. The van der Waals surface area contributed by atoms with Gasteiger partial charge in [-0.1, -0.05) is 18.2 Å². The highest BCUT2D eigenvalue weighted by atomic mass is 16.2. The van der Waals surface area contributed by atoms with Crippen molar-refractivity contribution in [1.82, 2.24) is 0 Å². The number of azo groups is 1. The van der Waals surface area contributed by atoms with Crippen LogP contribution in [0, 0.1) is 5.92 Å². The zero-order chi connectivity index (χ0) is 12.0. The van der Waals surface area contributed by atoms with E-state index in [0.717, 1.165) is 0 Å². The highest BCUT2D eigenvalue weighted by molar-refractivity contribution is 6.25. The second-order valence-electron chi connectivity index (χ2n) is 4.44. The van der Waals surface area contributed by atoms with Gasteiger partial charge in [0.05, 0.1) is 18.2 Å². The number of rotatable bonds is 1. The number of anilines is 1. The number of benzene rings is 1. The first kappa shape index (κ1) is 10.1. The Morgan fingerprint density at radius 2 is 2.00 bits per heavy atom. The van der Waals surface area contributed by atoms with E-state index in [1.165, 1.54) is 4.90 Å². The second kappa shape index (κ2) is 3.23. The Morgan fingerprint density at radius 3 is 2.65 bits per heavy atom. The molecule has 2 aliphatic heterocycles. The molecule has 17 heavy (non-hydrogen) atoms. The van der Waals surface area contributed by atoms with E-state index < -0.39 is 11.5 Å². The van der Waals surface area contributed by atoms with Crippen LogP contribution >= 0.6 is 0 Å². The van der Waals surface area contributed by atoms with Gasteiger partial charge in [-0.3, -0.25) is 9.59 Å². The largest absolute Gasteiger partial charge is 0.274 e. The SMILES string of the molecule is C[C@]12N=NC[C@H]1C(=O)N(c1ccccc1)C2=O. The first-order valence-corrected chi connectivity index (χ1v) is 5.47. The third kappa shape index (κ3) is 1.19. The molecule has 5 nitrogen and oxygen atoms in total. The minimum Gasteiger partial charge on any atom is -0.274 e. The maximum atomic E-state index is 12.3. The van der Waals surface area contributed by atoms with E-state index in [1.807, 2.05) is 6.07 Å². The van der Waals surface area contributed by atoms with Crippen LogP contribution in [0.1, 0.15) is 6.92 Å². The van der Waals surface area contributed by atoms with Crippen LogP contribution in [0.5, 0.6) is 0 Å². The van der Waals surface area contributed by atoms with E-state index >= 15 is 0 Å². The molecule has 3 rings (SSSR count). The summed E-state index contributed by atoms with van der Waals surface area (Å²) in [6.07, 6.45) is 0. The number of para-hydroxylation sites is 1. The van der Waals surface area contributed by atoms with Crippen molar-refractivity contribution in [2.45, 2.75) is 12.5 Å². The van der Waals surface area contributed by atoms with E-state index in [4.69, 9.17) is 0 Å². The highest BCUT2D eigenvalue weighted by Gasteiger charge is 2.59. The number of amides is 2. The average molecular weight is 229 g/mol. The third-order valence-electron chi connectivity index (χ3n) is 3.39. The van der Waals surface area contributed by atoms with Gasteiger partial charge in [0.2, 0.25) is 5.91 Å². The van der Waals surface area contributed by atoms with Gasteiger partial charge in [0.15, 0.2) is 5.54 Å². The molecule has 2 heterocycles. The molecule has 0 N–H and O–H groups in total. The fraction of sp³-hybridized carbons (Fsp3) is 0.333. The number of carbonyl (C=O) groups is 2. The fourth-order valence-corrected chi connectivity index (χ4v) is 2.33. The number of fused-ring (bicyclic) bond motifs is 1. The Balaban J connectivity index is 2.07. The van der Waals surface area contributed by atoms with Crippen LogP contribution < -0.4 is 4.90 Å². The van der Waals surface area contributed by atoms with Crippen molar-refractivity contribution in [2.24, 2.45) is 16.1 Å². The van der Waals surface area contributed by atoms with Crippen LogP contribution in [0.25, 0.3) is 0 Å². The Kier molecular flexibility index (Phi) is 1.92. The summed E-state index contributed by atoms with van der Waals surface area (Å²) in [5.41, 5.74) is -0.388. The van der Waals surface area contributed by atoms with Gasteiger partial charge in [0, 0.05) is 0 Å². The molecule has 0 bridgehead atoms. The molecule has 0 aromatic heterocycles. The Morgan fingerprint density at radius 1 is 1.29 bits per heavy atom. The van der Waals surface area contributed by atoms with Gasteiger partial charge in [0.25, 0.3) is 5.91 Å². The maximum absolute atomic E-state index is 12.3. The summed E-state index contributed by atoms with van der Waals surface area (Å²) in [5, 5.41) is 7.78. The molecule has 1 fully saturated rings. The highest BCUT2D eigenvalue weighted by Crippen LogP contribution is 2.40. The van der Waals surface area contributed by atoms with Crippen LogP contribution in [0.15, 0.2) is 40.6 Å². The number of imide groups is 1. The predicted octanol–water partition coefficient (Wildman–Crippen LogP) is 1.40. The summed E-state index contributed by atoms with van der Waals surface area (Å²) in [5.74, 6) is -0.913. The van der Waals surface area contributed by atoms with Crippen molar-refractivity contribution >= 4 is 17.5 Å². The minimum absolute atomic E-state index is 0.200. The number of carbonyl (C=O) groups excluding carboxylic acids is 2. The molecule has 1 aromatic rings. The molecular formula is C12H11N3O2. The van der Waals surface area contributed by atoms with Gasteiger partial charge in [-0.15, -0.1) is 0 Å². The number of nitrogens with zero attached hydrogens (tertiary/aromatic N) is 3. The van der Waals surface area contributed by atoms with Crippen molar-refractivity contribution < 1.29 is 9.59 Å². The van der Waals surface area contributed by atoms with Crippen LogP contribution in [-0.2, 0) is 9.59 Å². The van der Waals surface area contributed by atoms with E-state index in [1.54, 1.807) is 31.2 Å². The monoisotopic (exact) mass is 229 g/mol. The summed E-state index contributed by atoms with van der Waals surface area (Å²) in [6.45, 7) is 1.99. The molecule has 2 atom stereocenters. The molecule has 1 saturated heterocycles. The fourth-order valence-electron chi connectivity index (χ4n) is 2.33. The van der Waals surface area contributed by atoms with Crippen molar-refractivity contribution in [2.75, 3.05) is 11.4 Å². The third-order valence-corrected chi connectivity index (χ3v) is 3.39. The smallest absolute Gasteiger partial charge is 0.264 e. The summed E-state index contributed by atoms with van der Waals surface area (Å²) in [4.78, 5) is 25.7. The topological polar surface area (TPSA) is 62.1 Å². The molecule has 0 radical (unpaired) electrons. The quantitative estimate of drug-likeness (QED) is 0.683. The van der Waals surface area contributed by atoms with E-state index in [2.05, 4.69) is 10.2 Å². The molecule has 2 amide bonds. The lowest BCUT2D eigenvalue weighted by molar-refractivity contribution is -0.122. The first-order valence-electron chi connectivity index (χ1n) is 5.47. The molecule has 0 saturated carbocycles. The minimum atomic E-state index is -0.993. The Hall–Kier alpha value is -2.04. The van der Waals surface area contributed by atoms with E-state index in [9.17, 15) is 9.59 Å². The van der Waals surface area contributed by atoms with Gasteiger partial charge in [-0.25, -0.2) is 4.90 Å². The van der Waals surface area contributed by atoms with Gasteiger partial charge >= 0.3 is 0 Å². The first-order chi connectivity index (χ1) is 8.14. The number of hydrogen-bond acceptors (Lipinski definition) is 4. The molecule has 5 heteroatoms. The van der Waals surface area contributed by atoms with Gasteiger partial charge < -0.3 is 0 Å². The Labute approximate surface area is 98.1 Å². The second-order valence-corrected chi connectivity index (χ2v) is 4.44. The van der Waals surface area contributed by atoms with Crippen LogP contribution in [0.4, 0.5) is 5.69 Å². The van der Waals surface area contributed by atoms with Crippen molar-refractivity contribution in [3.8, 4) is 0 Å². The summed E-state index contributed by atoms with van der Waals surface area (Å²) >= 11 is 0. The zero-order valence-corrected chi connectivity index (χ0v) is 9.33. The van der Waals surface area contributed by atoms with Crippen LogP contribution in [-0.4, -0.2) is 23.9 Å². The Bertz CT molecular complexity index is 526. The van der Waals surface area contributed by atoms with Crippen LogP contribution in [0.2, 0.25) is 0 Å². The predicted molar refractivity (Wildman–Crippen MR) is 60.6 cm³/mol. The number of hydrogen-bond donors (Lipinski definition) is 0. The summed E-state index contributed by atoms with van der Waals surface area (Å²) in [6, 6.07) is 8.94. The van der Waals surface area contributed by atoms with E-state index in [0.29, 0.717) is 12.2 Å². The average Bonchev–Trinajstić information content (AvgIpc) is 2.80. The molecule has 0 aliphatic carbocycles. The maximum Gasteiger partial charge on any atom is 0.264 e. The summed E-state index contributed by atoms with van der Waals surface area (Å²) < 4.78 is 0. The van der Waals surface area contributed by atoms with Crippen molar-refractivity contribution in [3.05, 3.63) is 30.3 Å². The molecule has 1 aromatic carbocycles. The normalized spacial score (nSPS) is 31.1. The van der Waals surface area contributed by atoms with Gasteiger partial charge in [0.1, 0.15) is 0 Å². The van der Waals surface area contributed by atoms with Gasteiger partial charge in [-0.05, 0) is 19.1 Å². The van der Waals surface area contributed by atoms with Crippen molar-refractivity contribution in [3.63, 3.8) is 0 Å². The zero-order valence-electron chi connectivity index (χ0n) is 9.33. The van der Waals surface area contributed by atoms with Crippen molar-refractivity contribution in [1.29, 1.82) is 0 Å².